The molecule has 0 bridgehead atoms. The lowest BCUT2D eigenvalue weighted by Crippen LogP contribution is -2.08. The van der Waals surface area contributed by atoms with Gasteiger partial charge in [-0.1, -0.05) is 72.1 Å². The van der Waals surface area contributed by atoms with Crippen LogP contribution in [0.5, 0.6) is 0 Å². The van der Waals surface area contributed by atoms with Crippen LogP contribution in [0.3, 0.4) is 0 Å². The van der Waals surface area contributed by atoms with Crippen molar-refractivity contribution >= 4 is 0 Å². The van der Waals surface area contributed by atoms with Crippen molar-refractivity contribution in [1.29, 1.82) is 0 Å². The summed E-state index contributed by atoms with van der Waals surface area (Å²) in [6, 6.07) is 0. The van der Waals surface area contributed by atoms with Crippen LogP contribution in [0, 0.1) is 12.8 Å². The lowest BCUT2D eigenvalue weighted by atomic mass is 10.1. The van der Waals surface area contributed by atoms with Gasteiger partial charge in [0.05, 0.1) is 0 Å². The van der Waals surface area contributed by atoms with E-state index in [0.717, 1.165) is 25.6 Å². The van der Waals surface area contributed by atoms with Crippen molar-refractivity contribution in [1.82, 2.24) is 0 Å². The Hall–Kier alpha value is -0.0400. The van der Waals surface area contributed by atoms with Gasteiger partial charge in [-0.05, 0) is 12.3 Å². The lowest BCUT2D eigenvalue weighted by molar-refractivity contribution is 0.0932. The van der Waals surface area contributed by atoms with Crippen LogP contribution in [-0.4, -0.2) is 13.2 Å². The molecule has 0 amide bonds. The van der Waals surface area contributed by atoms with Gasteiger partial charge in [-0.15, -0.1) is 0 Å². The van der Waals surface area contributed by atoms with Crippen LogP contribution in [0.15, 0.2) is 0 Å². The van der Waals surface area contributed by atoms with Gasteiger partial charge < -0.3 is 4.74 Å². The molecule has 0 aliphatic rings. The Morgan fingerprint density at radius 3 is 2.00 bits per heavy atom. The third-order valence-electron chi connectivity index (χ3n) is 3.30. The molecule has 1 heteroatoms. The van der Waals surface area contributed by atoms with Gasteiger partial charge in [0.2, 0.25) is 0 Å². The Balaban J connectivity index is 3.03. The van der Waals surface area contributed by atoms with E-state index < -0.39 is 0 Å². The standard InChI is InChI=1S/C15H31O/c1-4-7-8-9-10-11-12-13-16-14-15(5-2)6-3/h15H,1,4-14H2,2-3H3. The van der Waals surface area contributed by atoms with Crippen LogP contribution >= 0.6 is 0 Å². The summed E-state index contributed by atoms with van der Waals surface area (Å²) in [6.07, 6.45) is 11.6. The summed E-state index contributed by atoms with van der Waals surface area (Å²) in [5.41, 5.74) is 0. The number of rotatable bonds is 12. The zero-order valence-electron chi connectivity index (χ0n) is 11.5. The minimum absolute atomic E-state index is 0.775. The monoisotopic (exact) mass is 227 g/mol. The number of unbranched alkanes of at least 4 members (excludes halogenated alkanes) is 6. The molecule has 0 aromatic carbocycles. The molecular formula is C15H31O. The molecule has 0 N–H and O–H groups in total. The summed E-state index contributed by atoms with van der Waals surface area (Å²) in [7, 11) is 0. The van der Waals surface area contributed by atoms with Crippen LogP contribution in [0.25, 0.3) is 0 Å². The van der Waals surface area contributed by atoms with Crippen molar-refractivity contribution in [2.45, 2.75) is 71.6 Å². The van der Waals surface area contributed by atoms with Crippen LogP contribution in [0.4, 0.5) is 0 Å². The summed E-state index contributed by atoms with van der Waals surface area (Å²) in [5.74, 6) is 0.775. The Kier molecular flexibility index (Phi) is 13.0. The average molecular weight is 227 g/mol. The molecule has 0 saturated carbocycles. The van der Waals surface area contributed by atoms with Gasteiger partial charge >= 0.3 is 0 Å². The van der Waals surface area contributed by atoms with E-state index in [1.165, 1.54) is 51.4 Å². The fourth-order valence-corrected chi connectivity index (χ4v) is 1.86. The lowest BCUT2D eigenvalue weighted by Gasteiger charge is -2.12. The van der Waals surface area contributed by atoms with Crippen LogP contribution in [0.1, 0.15) is 71.6 Å². The maximum atomic E-state index is 5.70. The highest BCUT2D eigenvalue weighted by Gasteiger charge is 2.02. The topological polar surface area (TPSA) is 9.23 Å². The number of ether oxygens (including phenoxy) is 1. The van der Waals surface area contributed by atoms with Crippen molar-refractivity contribution in [3.05, 3.63) is 6.92 Å². The van der Waals surface area contributed by atoms with Crippen molar-refractivity contribution in [2.75, 3.05) is 13.2 Å². The molecule has 1 radical (unpaired) electrons. The van der Waals surface area contributed by atoms with Gasteiger partial charge in [-0.3, -0.25) is 0 Å². The van der Waals surface area contributed by atoms with E-state index in [-0.39, 0.29) is 0 Å². The van der Waals surface area contributed by atoms with Crippen molar-refractivity contribution in [3.8, 4) is 0 Å². The molecule has 16 heavy (non-hydrogen) atoms. The molecular weight excluding hydrogens is 196 g/mol. The quantitative estimate of drug-likeness (QED) is 0.426. The van der Waals surface area contributed by atoms with Crippen molar-refractivity contribution in [2.24, 2.45) is 5.92 Å². The second kappa shape index (κ2) is 13.0. The van der Waals surface area contributed by atoms with Crippen molar-refractivity contribution in [3.63, 3.8) is 0 Å². The third kappa shape index (κ3) is 10.5. The van der Waals surface area contributed by atoms with Crippen LogP contribution in [-0.2, 0) is 4.74 Å². The summed E-state index contributed by atoms with van der Waals surface area (Å²) in [5, 5.41) is 0. The van der Waals surface area contributed by atoms with E-state index in [4.69, 9.17) is 4.74 Å². The summed E-state index contributed by atoms with van der Waals surface area (Å²) >= 11 is 0. The van der Waals surface area contributed by atoms with Crippen LogP contribution < -0.4 is 0 Å². The van der Waals surface area contributed by atoms with Gasteiger partial charge in [0, 0.05) is 13.2 Å². The largest absolute Gasteiger partial charge is 0.381 e. The first-order valence-electron chi connectivity index (χ1n) is 7.22. The Bertz CT molecular complexity index is 119. The third-order valence-corrected chi connectivity index (χ3v) is 3.30. The summed E-state index contributed by atoms with van der Waals surface area (Å²) in [6.45, 7) is 10.3. The highest BCUT2D eigenvalue weighted by atomic mass is 16.5. The maximum Gasteiger partial charge on any atom is 0.0494 e. The highest BCUT2D eigenvalue weighted by Crippen LogP contribution is 2.09. The van der Waals surface area contributed by atoms with Crippen molar-refractivity contribution < 1.29 is 4.74 Å². The molecule has 0 aliphatic carbocycles. The molecule has 0 unspecified atom stereocenters. The molecule has 0 aromatic heterocycles. The van der Waals surface area contributed by atoms with Gasteiger partial charge in [0.1, 0.15) is 0 Å². The zero-order chi connectivity index (χ0) is 12.1. The van der Waals surface area contributed by atoms with Gasteiger partial charge in [0.15, 0.2) is 0 Å². The predicted octanol–water partition coefficient (Wildman–Crippen LogP) is 5.00. The molecule has 0 rings (SSSR count). The second-order valence-corrected chi connectivity index (χ2v) is 4.73. The minimum Gasteiger partial charge on any atom is -0.381 e. The van der Waals surface area contributed by atoms with E-state index in [1.807, 2.05) is 0 Å². The predicted molar refractivity (Wildman–Crippen MR) is 72.6 cm³/mol. The molecule has 0 heterocycles. The van der Waals surface area contributed by atoms with Gasteiger partial charge in [-0.25, -0.2) is 0 Å². The molecule has 0 atom stereocenters. The second-order valence-electron chi connectivity index (χ2n) is 4.73. The molecule has 0 fully saturated rings. The fourth-order valence-electron chi connectivity index (χ4n) is 1.86. The first-order chi connectivity index (χ1) is 7.85. The van der Waals surface area contributed by atoms with Gasteiger partial charge in [0.25, 0.3) is 0 Å². The zero-order valence-corrected chi connectivity index (χ0v) is 11.5. The Morgan fingerprint density at radius 1 is 0.875 bits per heavy atom. The van der Waals surface area contributed by atoms with E-state index in [0.29, 0.717) is 0 Å². The SMILES string of the molecule is [CH2]CCCCCCCCOCC(CC)CC. The average Bonchev–Trinajstić information content (AvgIpc) is 2.32. The number of hydrogen-bond donors (Lipinski definition) is 0. The minimum atomic E-state index is 0.775. The Morgan fingerprint density at radius 2 is 1.44 bits per heavy atom. The molecule has 0 aromatic rings. The molecule has 1 nitrogen and oxygen atoms in total. The van der Waals surface area contributed by atoms with E-state index in [9.17, 15) is 0 Å². The molecule has 0 spiro atoms. The summed E-state index contributed by atoms with van der Waals surface area (Å²) < 4.78 is 5.70. The smallest absolute Gasteiger partial charge is 0.0494 e. The maximum absolute atomic E-state index is 5.70. The first kappa shape index (κ1) is 16.0. The molecule has 97 valence electrons. The molecule has 0 saturated heterocycles. The first-order valence-corrected chi connectivity index (χ1v) is 7.22. The van der Waals surface area contributed by atoms with E-state index in [1.54, 1.807) is 0 Å². The highest BCUT2D eigenvalue weighted by molar-refractivity contribution is 4.52. The van der Waals surface area contributed by atoms with E-state index in [2.05, 4.69) is 20.8 Å². The van der Waals surface area contributed by atoms with E-state index >= 15 is 0 Å². The van der Waals surface area contributed by atoms with Crippen LogP contribution in [0.2, 0.25) is 0 Å². The Labute approximate surface area is 103 Å². The number of hydrogen-bond acceptors (Lipinski definition) is 1. The normalized spacial score (nSPS) is 11.2. The summed E-state index contributed by atoms with van der Waals surface area (Å²) in [4.78, 5) is 0. The molecule has 0 aliphatic heterocycles. The fraction of sp³-hybridized carbons (Fsp3) is 0.933. The van der Waals surface area contributed by atoms with Gasteiger partial charge in [-0.2, -0.15) is 0 Å².